The Labute approximate surface area is 180 Å². The van der Waals surface area contributed by atoms with Gasteiger partial charge in [0.25, 0.3) is 0 Å². The molecule has 1 aliphatic carbocycles. The van der Waals surface area contributed by atoms with Crippen LogP contribution in [0.1, 0.15) is 51.3 Å². The number of hydrogen-bond acceptors (Lipinski definition) is 5. The standard InChI is InChI=1S/C20H21F3N4OS2/c1-12-8-16(13(2)26(12)11-20(21,22)23)17(28)10-30-19-25-24-18(27(19)14-5-6-14)9-15-4-3-7-29-15/h3-4,7-8,14H,5-6,9-11H2,1-2H3. The quantitative estimate of drug-likeness (QED) is 0.346. The largest absolute Gasteiger partial charge is 0.406 e. The van der Waals surface area contributed by atoms with E-state index in [-0.39, 0.29) is 11.5 Å². The Bertz CT molecular complexity index is 1050. The maximum absolute atomic E-state index is 12.8. The van der Waals surface area contributed by atoms with Gasteiger partial charge in [0.05, 0.1) is 5.75 Å². The lowest BCUT2D eigenvalue weighted by Gasteiger charge is -2.12. The topological polar surface area (TPSA) is 52.7 Å². The third-order valence-electron chi connectivity index (χ3n) is 5.10. The summed E-state index contributed by atoms with van der Waals surface area (Å²) in [6.45, 7) is 2.05. The molecule has 3 aromatic rings. The molecule has 3 heterocycles. The number of Topliss-reactive ketones (excluding diaryl/α,β-unsaturated/α-hetero) is 1. The van der Waals surface area contributed by atoms with Crippen molar-refractivity contribution in [2.75, 3.05) is 5.75 Å². The maximum atomic E-state index is 12.8. The van der Waals surface area contributed by atoms with E-state index < -0.39 is 12.7 Å². The van der Waals surface area contributed by atoms with Crippen LogP contribution in [0.5, 0.6) is 0 Å². The molecular formula is C20H21F3N4OS2. The second kappa shape index (κ2) is 8.22. The summed E-state index contributed by atoms with van der Waals surface area (Å²) < 4.78 is 41.7. The normalized spacial score (nSPS) is 14.4. The summed E-state index contributed by atoms with van der Waals surface area (Å²) in [6, 6.07) is 5.97. The molecule has 0 aliphatic heterocycles. The van der Waals surface area contributed by atoms with Gasteiger partial charge in [-0.3, -0.25) is 4.79 Å². The Morgan fingerprint density at radius 2 is 2.07 bits per heavy atom. The molecule has 0 amide bonds. The fourth-order valence-corrected chi connectivity index (χ4v) is 5.12. The van der Waals surface area contributed by atoms with Gasteiger partial charge >= 0.3 is 6.18 Å². The van der Waals surface area contributed by atoms with Gasteiger partial charge in [-0.05, 0) is 44.2 Å². The van der Waals surface area contributed by atoms with E-state index in [0.29, 0.717) is 34.6 Å². The fourth-order valence-electron chi connectivity index (χ4n) is 3.51. The highest BCUT2D eigenvalue weighted by molar-refractivity contribution is 7.99. The van der Waals surface area contributed by atoms with Crippen molar-refractivity contribution in [1.82, 2.24) is 19.3 Å². The Kier molecular flexibility index (Phi) is 5.80. The lowest BCUT2D eigenvalue weighted by atomic mass is 10.2. The van der Waals surface area contributed by atoms with Gasteiger partial charge in [-0.2, -0.15) is 13.2 Å². The van der Waals surface area contributed by atoms with Gasteiger partial charge in [-0.15, -0.1) is 21.5 Å². The van der Waals surface area contributed by atoms with Crippen molar-refractivity contribution in [2.24, 2.45) is 0 Å². The number of nitrogens with zero attached hydrogens (tertiary/aromatic N) is 4. The number of carbonyl (C=O) groups is 1. The summed E-state index contributed by atoms with van der Waals surface area (Å²) in [5.74, 6) is 0.796. The molecule has 0 radical (unpaired) electrons. The smallest absolute Gasteiger partial charge is 0.339 e. The summed E-state index contributed by atoms with van der Waals surface area (Å²) in [5, 5.41) is 11.3. The minimum Gasteiger partial charge on any atom is -0.339 e. The summed E-state index contributed by atoms with van der Waals surface area (Å²) in [5.41, 5.74) is 1.11. The second-order valence-electron chi connectivity index (χ2n) is 7.45. The number of halogens is 3. The van der Waals surface area contributed by atoms with Crippen molar-refractivity contribution >= 4 is 28.9 Å². The highest BCUT2D eigenvalue weighted by Gasteiger charge is 2.32. The molecule has 0 bridgehead atoms. The molecular weight excluding hydrogens is 433 g/mol. The molecule has 30 heavy (non-hydrogen) atoms. The van der Waals surface area contributed by atoms with E-state index in [1.54, 1.807) is 25.2 Å². The number of hydrogen-bond donors (Lipinski definition) is 0. The molecule has 3 aromatic heterocycles. The van der Waals surface area contributed by atoms with E-state index in [9.17, 15) is 18.0 Å². The number of rotatable bonds is 8. The van der Waals surface area contributed by atoms with Crippen molar-refractivity contribution in [2.45, 2.75) is 57.0 Å². The molecule has 5 nitrogen and oxygen atoms in total. The number of carbonyl (C=O) groups excluding carboxylic acids is 1. The van der Waals surface area contributed by atoms with Crippen LogP contribution in [0.25, 0.3) is 0 Å². The van der Waals surface area contributed by atoms with Gasteiger partial charge in [-0.1, -0.05) is 17.8 Å². The van der Waals surface area contributed by atoms with Crippen LogP contribution in [0.4, 0.5) is 13.2 Å². The second-order valence-corrected chi connectivity index (χ2v) is 9.43. The molecule has 0 aromatic carbocycles. The number of ketones is 1. The number of aryl methyl sites for hydroxylation is 1. The van der Waals surface area contributed by atoms with E-state index in [2.05, 4.69) is 20.8 Å². The lowest BCUT2D eigenvalue weighted by Crippen LogP contribution is -2.19. The zero-order valence-electron chi connectivity index (χ0n) is 16.6. The summed E-state index contributed by atoms with van der Waals surface area (Å²) in [4.78, 5) is 14.0. The molecule has 0 saturated heterocycles. The molecule has 0 spiro atoms. The first kappa shape index (κ1) is 21.2. The van der Waals surface area contributed by atoms with Crippen molar-refractivity contribution < 1.29 is 18.0 Å². The fraction of sp³-hybridized carbons (Fsp3) is 0.450. The van der Waals surface area contributed by atoms with Gasteiger partial charge in [0.2, 0.25) is 0 Å². The molecule has 0 atom stereocenters. The van der Waals surface area contributed by atoms with Crippen LogP contribution in [0.15, 0.2) is 28.7 Å². The predicted molar refractivity (Wildman–Crippen MR) is 110 cm³/mol. The van der Waals surface area contributed by atoms with E-state index >= 15 is 0 Å². The first-order chi connectivity index (χ1) is 14.2. The first-order valence-corrected chi connectivity index (χ1v) is 11.4. The Morgan fingerprint density at radius 1 is 1.30 bits per heavy atom. The number of aromatic nitrogens is 4. The van der Waals surface area contributed by atoms with Crippen LogP contribution in [0.2, 0.25) is 0 Å². The molecule has 160 valence electrons. The van der Waals surface area contributed by atoms with E-state index in [0.717, 1.165) is 23.2 Å². The molecule has 0 unspecified atom stereocenters. The van der Waals surface area contributed by atoms with E-state index in [4.69, 9.17) is 0 Å². The first-order valence-electron chi connectivity index (χ1n) is 9.58. The van der Waals surface area contributed by atoms with E-state index in [1.807, 2.05) is 11.4 Å². The van der Waals surface area contributed by atoms with Gasteiger partial charge in [-0.25, -0.2) is 0 Å². The van der Waals surface area contributed by atoms with E-state index in [1.165, 1.54) is 22.7 Å². The Hall–Kier alpha value is -2.07. The number of thioether (sulfide) groups is 1. The predicted octanol–water partition coefficient (Wildman–Crippen LogP) is 5.22. The molecule has 4 rings (SSSR count). The third-order valence-corrected chi connectivity index (χ3v) is 6.92. The SMILES string of the molecule is Cc1cc(C(=O)CSc2nnc(Cc3cccs3)n2C2CC2)c(C)n1CC(F)(F)F. The van der Waals surface area contributed by atoms with Gasteiger partial charge < -0.3 is 9.13 Å². The lowest BCUT2D eigenvalue weighted by molar-refractivity contribution is -0.141. The minimum atomic E-state index is -4.33. The van der Waals surface area contributed by atoms with Crippen LogP contribution < -0.4 is 0 Å². The number of thiophene rings is 1. The van der Waals surface area contributed by atoms with Crippen molar-refractivity contribution in [3.05, 3.63) is 51.2 Å². The average molecular weight is 455 g/mol. The highest BCUT2D eigenvalue weighted by Crippen LogP contribution is 2.39. The highest BCUT2D eigenvalue weighted by atomic mass is 32.2. The monoisotopic (exact) mass is 454 g/mol. The summed E-state index contributed by atoms with van der Waals surface area (Å²) >= 11 is 2.97. The molecule has 10 heteroatoms. The van der Waals surface area contributed by atoms with Gasteiger partial charge in [0.1, 0.15) is 12.4 Å². The minimum absolute atomic E-state index is 0.111. The van der Waals surface area contributed by atoms with Crippen molar-refractivity contribution in [3.8, 4) is 0 Å². The van der Waals surface area contributed by atoms with Crippen LogP contribution in [-0.2, 0) is 13.0 Å². The summed E-state index contributed by atoms with van der Waals surface area (Å²) in [7, 11) is 0. The van der Waals surface area contributed by atoms with Gasteiger partial charge in [0.15, 0.2) is 10.9 Å². The van der Waals surface area contributed by atoms with Crippen LogP contribution >= 0.6 is 23.1 Å². The van der Waals surface area contributed by atoms with Crippen LogP contribution in [0.3, 0.4) is 0 Å². The molecule has 1 fully saturated rings. The van der Waals surface area contributed by atoms with Gasteiger partial charge in [0, 0.05) is 34.3 Å². The Balaban J connectivity index is 1.48. The van der Waals surface area contributed by atoms with Crippen molar-refractivity contribution in [3.63, 3.8) is 0 Å². The average Bonchev–Trinajstić information content (AvgIpc) is 3.11. The molecule has 1 saturated carbocycles. The third kappa shape index (κ3) is 4.64. The van der Waals surface area contributed by atoms with Crippen molar-refractivity contribution in [1.29, 1.82) is 0 Å². The zero-order chi connectivity index (χ0) is 21.5. The number of alkyl halides is 3. The van der Waals surface area contributed by atoms with Crippen LogP contribution in [-0.4, -0.2) is 37.0 Å². The maximum Gasteiger partial charge on any atom is 0.406 e. The molecule has 0 N–H and O–H groups in total. The zero-order valence-corrected chi connectivity index (χ0v) is 18.2. The Morgan fingerprint density at radius 3 is 2.70 bits per heavy atom. The summed E-state index contributed by atoms with van der Waals surface area (Å²) in [6.07, 6.45) is -1.50. The van der Waals surface area contributed by atoms with Crippen LogP contribution in [0, 0.1) is 13.8 Å². The molecule has 1 aliphatic rings.